The molecule has 4 aliphatic rings. The van der Waals surface area contributed by atoms with Gasteiger partial charge >= 0.3 is 5.97 Å². The minimum Gasteiger partial charge on any atom is -0.457 e. The molecule has 33 heavy (non-hydrogen) atoms. The Hall–Kier alpha value is -2.47. The summed E-state index contributed by atoms with van der Waals surface area (Å²) >= 11 is 0. The average Bonchev–Trinajstić information content (AvgIpc) is 3.40. The number of allylic oxidation sites excluding steroid dienone is 4. The topological polar surface area (TPSA) is 93.8 Å². The molecule has 5 rings (SSSR count). The molecule has 1 aromatic heterocycles. The first-order valence-corrected chi connectivity index (χ1v) is 12.0. The van der Waals surface area contributed by atoms with E-state index in [0.717, 1.165) is 25.7 Å². The van der Waals surface area contributed by atoms with Crippen molar-refractivity contribution in [2.75, 3.05) is 6.61 Å². The molecule has 0 saturated heterocycles. The molecule has 176 valence electrons. The van der Waals surface area contributed by atoms with E-state index < -0.39 is 29.4 Å². The Bertz CT molecular complexity index is 1050. The highest BCUT2D eigenvalue weighted by molar-refractivity contribution is 6.01. The minimum absolute atomic E-state index is 0.0602. The molecule has 1 unspecified atom stereocenters. The largest absolute Gasteiger partial charge is 0.457 e. The number of rotatable bonds is 4. The normalized spacial score (nSPS) is 41.6. The second kappa shape index (κ2) is 7.52. The highest BCUT2D eigenvalue weighted by Crippen LogP contribution is 2.69. The van der Waals surface area contributed by atoms with Gasteiger partial charge < -0.3 is 14.3 Å². The summed E-state index contributed by atoms with van der Waals surface area (Å²) in [7, 11) is 0. The van der Waals surface area contributed by atoms with E-state index in [1.807, 2.05) is 13.0 Å². The number of aliphatic hydroxyl groups excluding tert-OH is 1. The third kappa shape index (κ3) is 2.92. The van der Waals surface area contributed by atoms with Crippen LogP contribution in [0.15, 0.2) is 46.6 Å². The quantitative estimate of drug-likeness (QED) is 0.685. The van der Waals surface area contributed by atoms with E-state index in [9.17, 15) is 19.5 Å². The predicted molar refractivity (Wildman–Crippen MR) is 120 cm³/mol. The molecule has 0 aliphatic heterocycles. The molecule has 0 aromatic carbocycles. The van der Waals surface area contributed by atoms with E-state index >= 15 is 0 Å². The van der Waals surface area contributed by atoms with Gasteiger partial charge in [-0.3, -0.25) is 9.59 Å². The van der Waals surface area contributed by atoms with E-state index in [1.165, 1.54) is 17.9 Å². The molecular weight excluding hydrogens is 420 g/mol. The van der Waals surface area contributed by atoms with Crippen molar-refractivity contribution in [1.82, 2.24) is 0 Å². The molecule has 3 fully saturated rings. The lowest BCUT2D eigenvalue weighted by atomic mass is 9.47. The summed E-state index contributed by atoms with van der Waals surface area (Å²) < 4.78 is 11.3. The molecule has 1 N–H and O–H groups in total. The fourth-order valence-electron chi connectivity index (χ4n) is 8.10. The molecule has 6 heteroatoms. The van der Waals surface area contributed by atoms with Gasteiger partial charge in [-0.05, 0) is 74.1 Å². The van der Waals surface area contributed by atoms with E-state index in [2.05, 4.69) is 19.9 Å². The Morgan fingerprint density at radius 1 is 1.24 bits per heavy atom. The van der Waals surface area contributed by atoms with Crippen molar-refractivity contribution in [3.05, 3.63) is 48.0 Å². The zero-order valence-electron chi connectivity index (χ0n) is 19.5. The molecule has 0 bridgehead atoms. The van der Waals surface area contributed by atoms with Crippen LogP contribution in [-0.4, -0.2) is 34.9 Å². The lowest BCUT2D eigenvalue weighted by Crippen LogP contribution is -2.61. The second-order valence-corrected chi connectivity index (χ2v) is 10.9. The first kappa shape index (κ1) is 22.3. The zero-order valence-corrected chi connectivity index (χ0v) is 19.5. The van der Waals surface area contributed by atoms with Crippen LogP contribution in [0.25, 0.3) is 0 Å². The fraction of sp³-hybridized carbons (Fsp3) is 0.593. The van der Waals surface area contributed by atoms with Crippen LogP contribution in [0.3, 0.4) is 0 Å². The summed E-state index contributed by atoms with van der Waals surface area (Å²) in [6, 6.07) is 3.14. The maximum Gasteiger partial charge on any atom is 0.375 e. The van der Waals surface area contributed by atoms with Crippen LogP contribution >= 0.6 is 0 Å². The smallest absolute Gasteiger partial charge is 0.375 e. The van der Waals surface area contributed by atoms with Gasteiger partial charge in [0.05, 0.1) is 6.26 Å². The number of Topliss-reactive ketones (excluding diaryl/α,β-unsaturated/α-hetero) is 1. The highest BCUT2D eigenvalue weighted by Gasteiger charge is 2.71. The van der Waals surface area contributed by atoms with Crippen molar-refractivity contribution in [3.63, 3.8) is 0 Å². The lowest BCUT2D eigenvalue weighted by molar-refractivity contribution is -0.171. The fourth-order valence-corrected chi connectivity index (χ4v) is 8.10. The van der Waals surface area contributed by atoms with Gasteiger partial charge in [-0.2, -0.15) is 0 Å². The van der Waals surface area contributed by atoms with Crippen LogP contribution in [0, 0.1) is 34.5 Å². The van der Waals surface area contributed by atoms with Crippen molar-refractivity contribution in [2.45, 2.75) is 58.5 Å². The van der Waals surface area contributed by atoms with E-state index in [-0.39, 0.29) is 28.8 Å². The van der Waals surface area contributed by atoms with Crippen LogP contribution in [0.4, 0.5) is 0 Å². The van der Waals surface area contributed by atoms with Crippen molar-refractivity contribution in [1.29, 1.82) is 0 Å². The monoisotopic (exact) mass is 452 g/mol. The zero-order chi connectivity index (χ0) is 23.6. The van der Waals surface area contributed by atoms with E-state index in [1.54, 1.807) is 12.1 Å². The first-order valence-electron chi connectivity index (χ1n) is 12.0. The molecule has 7 atom stereocenters. The molecule has 0 radical (unpaired) electrons. The summed E-state index contributed by atoms with van der Waals surface area (Å²) in [5, 5.41) is 9.97. The van der Waals surface area contributed by atoms with Gasteiger partial charge in [0, 0.05) is 16.7 Å². The molecule has 6 nitrogen and oxygen atoms in total. The number of esters is 1. The summed E-state index contributed by atoms with van der Waals surface area (Å²) in [5.74, 6) is -0.293. The molecule has 3 saturated carbocycles. The summed E-state index contributed by atoms with van der Waals surface area (Å²) in [6.07, 6.45) is 11.2. The first-order chi connectivity index (χ1) is 15.7. The third-order valence-corrected chi connectivity index (χ3v) is 9.63. The Kier molecular flexibility index (Phi) is 5.09. The molecule has 1 heterocycles. The third-order valence-electron chi connectivity index (χ3n) is 9.63. The molecule has 4 aliphatic carbocycles. The van der Waals surface area contributed by atoms with Crippen LogP contribution in [-0.2, 0) is 14.3 Å². The maximum absolute atomic E-state index is 13.4. The SMILES string of the molecule is CC1C[C@H]2[C@@H]3CCC4=CC(=O)C=C[C@]4(C)[C@H]3CC[C@]2(C)[C@@]1(OC(=O)c1ccco1)C(=O)CO. The van der Waals surface area contributed by atoms with Gasteiger partial charge in [0.2, 0.25) is 11.5 Å². The van der Waals surface area contributed by atoms with Gasteiger partial charge in [-0.15, -0.1) is 0 Å². The number of ketones is 2. The van der Waals surface area contributed by atoms with Crippen molar-refractivity contribution in [3.8, 4) is 0 Å². The van der Waals surface area contributed by atoms with Crippen molar-refractivity contribution < 1.29 is 28.6 Å². The summed E-state index contributed by atoms with van der Waals surface area (Å²) in [6.45, 7) is 5.62. The van der Waals surface area contributed by atoms with E-state index in [0.29, 0.717) is 18.3 Å². The van der Waals surface area contributed by atoms with Crippen molar-refractivity contribution >= 4 is 17.5 Å². The van der Waals surface area contributed by atoms with Gasteiger partial charge in [0.15, 0.2) is 11.4 Å². The van der Waals surface area contributed by atoms with Crippen LogP contribution in [0.5, 0.6) is 0 Å². The second-order valence-electron chi connectivity index (χ2n) is 10.9. The number of carbonyl (C=O) groups is 3. The van der Waals surface area contributed by atoms with E-state index in [4.69, 9.17) is 9.15 Å². The number of hydrogen-bond donors (Lipinski definition) is 1. The molecule has 1 aromatic rings. The average molecular weight is 453 g/mol. The highest BCUT2D eigenvalue weighted by atomic mass is 16.6. The van der Waals surface area contributed by atoms with Gasteiger partial charge in [-0.25, -0.2) is 4.79 Å². The Balaban J connectivity index is 1.54. The lowest BCUT2D eigenvalue weighted by Gasteiger charge is -2.58. The number of fused-ring (bicyclic) bond motifs is 5. The Morgan fingerprint density at radius 3 is 2.73 bits per heavy atom. The molecule has 0 spiro atoms. The van der Waals surface area contributed by atoms with Crippen LogP contribution in [0.2, 0.25) is 0 Å². The van der Waals surface area contributed by atoms with Crippen LogP contribution in [0.1, 0.15) is 63.4 Å². The number of aliphatic hydroxyl groups is 1. The number of carbonyl (C=O) groups excluding carboxylic acids is 3. The molecule has 0 amide bonds. The van der Waals surface area contributed by atoms with Gasteiger partial charge in [0.1, 0.15) is 6.61 Å². The molecular formula is C27H32O6. The number of furan rings is 1. The minimum atomic E-state index is -1.39. The number of ether oxygens (including phenoxy) is 1. The summed E-state index contributed by atoms with van der Waals surface area (Å²) in [4.78, 5) is 38.4. The number of hydrogen-bond acceptors (Lipinski definition) is 6. The van der Waals surface area contributed by atoms with Crippen molar-refractivity contribution in [2.24, 2.45) is 34.5 Å². The Labute approximate surface area is 194 Å². The maximum atomic E-state index is 13.4. The van der Waals surface area contributed by atoms with Gasteiger partial charge in [-0.1, -0.05) is 32.4 Å². The Morgan fingerprint density at radius 2 is 2.03 bits per heavy atom. The van der Waals surface area contributed by atoms with Gasteiger partial charge in [0.25, 0.3) is 0 Å². The summed E-state index contributed by atoms with van der Waals surface area (Å²) in [5.41, 5.74) is -0.913. The standard InChI is InChI=1S/C27H32O6/c1-16-13-21-19-7-6-17-14-18(29)8-10-25(17,2)20(19)9-11-26(21,3)27(16,23(30)15-28)33-24(31)22-5-4-12-32-22/h4-5,8,10,12,14,16,19-21,28H,6-7,9,11,13,15H2,1-3H3/t16?,19-,20+,21+,25+,26+,27+/m1/s1. The predicted octanol–water partition coefficient (Wildman–Crippen LogP) is 4.29. The van der Waals surface area contributed by atoms with Crippen LogP contribution < -0.4 is 0 Å².